The van der Waals surface area contributed by atoms with Gasteiger partial charge in [-0.05, 0) is 29.0 Å². The SMILES string of the molecule is CCCc1sccc1CNCc1ccccc1. The standard InChI is InChI=1S/C15H19NS/c1-2-6-15-14(9-10-17-15)12-16-11-13-7-4-3-5-8-13/h3-5,7-10,16H,2,6,11-12H2,1H3. The van der Waals surface area contributed by atoms with Crippen LogP contribution in [0.15, 0.2) is 41.8 Å². The van der Waals surface area contributed by atoms with Crippen LogP contribution in [0.25, 0.3) is 0 Å². The van der Waals surface area contributed by atoms with E-state index in [0.717, 1.165) is 13.1 Å². The van der Waals surface area contributed by atoms with E-state index in [4.69, 9.17) is 0 Å². The van der Waals surface area contributed by atoms with Gasteiger partial charge in [-0.1, -0.05) is 43.7 Å². The number of hydrogen-bond acceptors (Lipinski definition) is 2. The Morgan fingerprint density at radius 3 is 2.65 bits per heavy atom. The minimum atomic E-state index is 0.947. The number of aryl methyl sites for hydroxylation is 1. The minimum absolute atomic E-state index is 0.947. The van der Waals surface area contributed by atoms with Crippen molar-refractivity contribution in [1.29, 1.82) is 0 Å². The van der Waals surface area contributed by atoms with Crippen molar-refractivity contribution in [3.8, 4) is 0 Å². The highest BCUT2D eigenvalue weighted by Crippen LogP contribution is 2.18. The smallest absolute Gasteiger partial charge is 0.0219 e. The van der Waals surface area contributed by atoms with Crippen LogP contribution in [0.4, 0.5) is 0 Å². The Morgan fingerprint density at radius 2 is 1.88 bits per heavy atom. The largest absolute Gasteiger partial charge is 0.309 e. The highest BCUT2D eigenvalue weighted by Gasteiger charge is 2.02. The molecule has 0 bridgehead atoms. The van der Waals surface area contributed by atoms with E-state index in [0.29, 0.717) is 0 Å². The van der Waals surface area contributed by atoms with Crippen molar-refractivity contribution in [3.63, 3.8) is 0 Å². The molecule has 0 saturated carbocycles. The van der Waals surface area contributed by atoms with Crippen LogP contribution in [-0.4, -0.2) is 0 Å². The molecule has 0 aliphatic heterocycles. The fourth-order valence-corrected chi connectivity index (χ4v) is 2.92. The molecule has 0 unspecified atom stereocenters. The second kappa shape index (κ2) is 6.58. The zero-order chi connectivity index (χ0) is 11.9. The van der Waals surface area contributed by atoms with E-state index in [1.54, 1.807) is 0 Å². The summed E-state index contributed by atoms with van der Waals surface area (Å²) < 4.78 is 0. The van der Waals surface area contributed by atoms with Gasteiger partial charge in [0.05, 0.1) is 0 Å². The lowest BCUT2D eigenvalue weighted by molar-refractivity contribution is 0.689. The zero-order valence-electron chi connectivity index (χ0n) is 10.3. The molecular formula is C15H19NS. The topological polar surface area (TPSA) is 12.0 Å². The van der Waals surface area contributed by atoms with Crippen molar-refractivity contribution in [2.24, 2.45) is 0 Å². The predicted molar refractivity (Wildman–Crippen MR) is 75.3 cm³/mol. The third kappa shape index (κ3) is 3.69. The lowest BCUT2D eigenvalue weighted by atomic mass is 10.2. The van der Waals surface area contributed by atoms with Gasteiger partial charge in [-0.3, -0.25) is 0 Å². The average Bonchev–Trinajstić information content (AvgIpc) is 2.79. The summed E-state index contributed by atoms with van der Waals surface area (Å²) in [5.74, 6) is 0. The number of rotatable bonds is 6. The van der Waals surface area contributed by atoms with Gasteiger partial charge in [0.1, 0.15) is 0 Å². The fourth-order valence-electron chi connectivity index (χ4n) is 1.91. The molecule has 0 atom stereocenters. The van der Waals surface area contributed by atoms with E-state index in [2.05, 4.69) is 54.0 Å². The Balaban J connectivity index is 1.84. The maximum atomic E-state index is 3.51. The summed E-state index contributed by atoms with van der Waals surface area (Å²) in [7, 11) is 0. The van der Waals surface area contributed by atoms with E-state index >= 15 is 0 Å². The second-order valence-corrected chi connectivity index (χ2v) is 5.21. The highest BCUT2D eigenvalue weighted by molar-refractivity contribution is 7.10. The van der Waals surface area contributed by atoms with Crippen LogP contribution in [0.5, 0.6) is 0 Å². The molecule has 0 aliphatic rings. The number of thiophene rings is 1. The minimum Gasteiger partial charge on any atom is -0.309 e. The molecule has 1 aromatic heterocycles. The fraction of sp³-hybridized carbons (Fsp3) is 0.333. The van der Waals surface area contributed by atoms with Crippen molar-refractivity contribution in [2.45, 2.75) is 32.9 Å². The number of benzene rings is 1. The molecule has 2 aromatic rings. The van der Waals surface area contributed by atoms with Gasteiger partial charge >= 0.3 is 0 Å². The first kappa shape index (κ1) is 12.3. The number of nitrogens with one attached hydrogen (secondary N) is 1. The van der Waals surface area contributed by atoms with Gasteiger partial charge in [0.25, 0.3) is 0 Å². The zero-order valence-corrected chi connectivity index (χ0v) is 11.1. The molecule has 90 valence electrons. The lowest BCUT2D eigenvalue weighted by Crippen LogP contribution is -2.12. The van der Waals surface area contributed by atoms with Crippen molar-refractivity contribution in [1.82, 2.24) is 5.32 Å². The van der Waals surface area contributed by atoms with Crippen LogP contribution < -0.4 is 5.32 Å². The molecule has 0 radical (unpaired) electrons. The van der Waals surface area contributed by atoms with Gasteiger partial charge in [-0.25, -0.2) is 0 Å². The predicted octanol–water partition coefficient (Wildman–Crippen LogP) is 3.99. The quantitative estimate of drug-likeness (QED) is 0.811. The molecule has 0 fully saturated rings. The molecule has 0 saturated heterocycles. The van der Waals surface area contributed by atoms with Crippen LogP contribution in [0.1, 0.15) is 29.3 Å². The summed E-state index contributed by atoms with van der Waals surface area (Å²) in [5.41, 5.74) is 2.81. The molecular weight excluding hydrogens is 226 g/mol. The van der Waals surface area contributed by atoms with E-state index < -0.39 is 0 Å². The van der Waals surface area contributed by atoms with Gasteiger partial charge in [-0.2, -0.15) is 0 Å². The van der Waals surface area contributed by atoms with Crippen LogP contribution in [0, 0.1) is 0 Å². The third-order valence-electron chi connectivity index (χ3n) is 2.80. The second-order valence-electron chi connectivity index (χ2n) is 4.21. The monoisotopic (exact) mass is 245 g/mol. The molecule has 0 aliphatic carbocycles. The van der Waals surface area contributed by atoms with Crippen LogP contribution in [0.2, 0.25) is 0 Å². The highest BCUT2D eigenvalue weighted by atomic mass is 32.1. The molecule has 1 nitrogen and oxygen atoms in total. The van der Waals surface area contributed by atoms with Gasteiger partial charge in [0, 0.05) is 18.0 Å². The van der Waals surface area contributed by atoms with E-state index in [-0.39, 0.29) is 0 Å². The summed E-state index contributed by atoms with van der Waals surface area (Å²) >= 11 is 1.88. The molecule has 17 heavy (non-hydrogen) atoms. The maximum Gasteiger partial charge on any atom is 0.0219 e. The summed E-state index contributed by atoms with van der Waals surface area (Å²) in [5, 5.41) is 5.71. The van der Waals surface area contributed by atoms with Gasteiger partial charge in [0.2, 0.25) is 0 Å². The Bertz CT molecular complexity index is 433. The maximum absolute atomic E-state index is 3.51. The molecule has 0 amide bonds. The van der Waals surface area contributed by atoms with Crippen LogP contribution in [0.3, 0.4) is 0 Å². The van der Waals surface area contributed by atoms with Crippen molar-refractivity contribution < 1.29 is 0 Å². The summed E-state index contributed by atoms with van der Waals surface area (Å²) in [4.78, 5) is 1.54. The van der Waals surface area contributed by atoms with Gasteiger partial charge in [-0.15, -0.1) is 11.3 Å². The van der Waals surface area contributed by atoms with E-state index in [9.17, 15) is 0 Å². The summed E-state index contributed by atoms with van der Waals surface area (Å²) in [6.07, 6.45) is 2.44. The summed E-state index contributed by atoms with van der Waals surface area (Å²) in [6.45, 7) is 4.16. The normalized spacial score (nSPS) is 10.6. The van der Waals surface area contributed by atoms with Crippen LogP contribution >= 0.6 is 11.3 Å². The molecule has 2 heteroatoms. The van der Waals surface area contributed by atoms with Crippen molar-refractivity contribution in [2.75, 3.05) is 0 Å². The first-order chi connectivity index (χ1) is 8.40. The summed E-state index contributed by atoms with van der Waals surface area (Å²) in [6, 6.07) is 12.8. The van der Waals surface area contributed by atoms with E-state index in [1.165, 1.54) is 28.8 Å². The Morgan fingerprint density at radius 1 is 1.06 bits per heavy atom. The van der Waals surface area contributed by atoms with Crippen molar-refractivity contribution in [3.05, 3.63) is 57.8 Å². The molecule has 1 heterocycles. The molecule has 1 N–H and O–H groups in total. The Hall–Kier alpha value is -1.12. The van der Waals surface area contributed by atoms with Gasteiger partial charge in [0.15, 0.2) is 0 Å². The first-order valence-corrected chi connectivity index (χ1v) is 7.08. The third-order valence-corrected chi connectivity index (χ3v) is 3.83. The lowest BCUT2D eigenvalue weighted by Gasteiger charge is -2.05. The Labute approximate surface area is 108 Å². The molecule has 1 aromatic carbocycles. The molecule has 0 spiro atoms. The Kier molecular flexibility index (Phi) is 4.77. The first-order valence-electron chi connectivity index (χ1n) is 6.20. The number of hydrogen-bond donors (Lipinski definition) is 1. The molecule has 2 rings (SSSR count). The average molecular weight is 245 g/mol. The van der Waals surface area contributed by atoms with Gasteiger partial charge < -0.3 is 5.32 Å². The van der Waals surface area contributed by atoms with Crippen LogP contribution in [-0.2, 0) is 19.5 Å². The van der Waals surface area contributed by atoms with E-state index in [1.807, 2.05) is 11.3 Å². The van der Waals surface area contributed by atoms with Crippen molar-refractivity contribution >= 4 is 11.3 Å².